The average molecular weight is 98.1 g/mol. The number of H-pyrrole nitrogens is 3. The monoisotopic (exact) mass is 98.1 g/mol. The van der Waals surface area contributed by atoms with Crippen molar-refractivity contribution in [2.24, 2.45) is 0 Å². The zero-order valence-electron chi connectivity index (χ0n) is 3.68. The van der Waals surface area contributed by atoms with Crippen LogP contribution in [0.2, 0.25) is 0 Å². The Morgan fingerprint density at radius 2 is 2.14 bits per heavy atom. The summed E-state index contributed by atoms with van der Waals surface area (Å²) in [5.41, 5.74) is 0. The van der Waals surface area contributed by atoms with Crippen molar-refractivity contribution in [3.63, 3.8) is 0 Å². The summed E-state index contributed by atoms with van der Waals surface area (Å²) in [5.74, 6) is 0. The molecule has 0 saturated carbocycles. The van der Waals surface area contributed by atoms with Crippen molar-refractivity contribution < 1.29 is 0 Å². The molecule has 0 aliphatic rings. The van der Waals surface area contributed by atoms with Gasteiger partial charge in [0.15, 0.2) is 0 Å². The SMILES string of the molecule is c1c[nH][nH]cn[nH]1. The predicted octanol–water partition coefficient (Wildman–Crippen LogP) is 0.190. The number of nitrogens with one attached hydrogen (secondary N) is 3. The molecule has 0 saturated heterocycles. The highest BCUT2D eigenvalue weighted by molar-refractivity contribution is 4.54. The van der Waals surface area contributed by atoms with E-state index in [4.69, 9.17) is 0 Å². The van der Waals surface area contributed by atoms with E-state index in [0.717, 1.165) is 0 Å². The first kappa shape index (κ1) is 3.98. The van der Waals surface area contributed by atoms with Gasteiger partial charge in [-0.2, -0.15) is 5.10 Å². The molecule has 1 aromatic heterocycles. The topological polar surface area (TPSA) is 60.3 Å². The van der Waals surface area contributed by atoms with Gasteiger partial charge in [-0.1, -0.05) is 0 Å². The van der Waals surface area contributed by atoms with E-state index in [1.807, 2.05) is 0 Å². The fourth-order valence-electron chi connectivity index (χ4n) is 0.277. The molecule has 1 aromatic rings. The van der Waals surface area contributed by atoms with Crippen LogP contribution in [0.5, 0.6) is 0 Å². The Bertz CT molecular complexity index is 94.9. The highest BCUT2D eigenvalue weighted by Crippen LogP contribution is 1.56. The molecule has 3 N–H and O–H groups in total. The predicted molar refractivity (Wildman–Crippen MR) is 24.9 cm³/mol. The largest absolute Gasteiger partial charge is 0.306 e. The standard InChI is InChI=1S/C3H6N4/c1-2-5-7-3-6-4-1/h1-5H,(H,6,7). The second-order valence-electron chi connectivity index (χ2n) is 1.01. The van der Waals surface area contributed by atoms with Gasteiger partial charge in [0, 0.05) is 12.4 Å². The Kier molecular flexibility index (Phi) is 1.18. The number of aromatic nitrogens is 4. The first-order valence-electron chi connectivity index (χ1n) is 1.93. The molecule has 0 aliphatic carbocycles. The maximum absolute atomic E-state index is 3.64. The Morgan fingerprint density at radius 1 is 1.14 bits per heavy atom. The van der Waals surface area contributed by atoms with Crippen LogP contribution < -0.4 is 0 Å². The molecule has 1 heterocycles. The molecule has 7 heavy (non-hydrogen) atoms. The van der Waals surface area contributed by atoms with Crippen LogP contribution in [-0.2, 0) is 0 Å². The van der Waals surface area contributed by atoms with Gasteiger partial charge in [-0.15, -0.1) is 0 Å². The number of hydrogen-bond donors (Lipinski definition) is 3. The van der Waals surface area contributed by atoms with Crippen LogP contribution >= 0.6 is 0 Å². The van der Waals surface area contributed by atoms with Gasteiger partial charge in [0.25, 0.3) is 0 Å². The minimum absolute atomic E-state index is 1.51. The molecule has 4 heteroatoms. The van der Waals surface area contributed by atoms with Crippen LogP contribution in [0.1, 0.15) is 0 Å². The number of nitrogens with zero attached hydrogens (tertiary/aromatic N) is 1. The van der Waals surface area contributed by atoms with Crippen molar-refractivity contribution in [2.75, 3.05) is 0 Å². The summed E-state index contributed by atoms with van der Waals surface area (Å²) in [4.78, 5) is 0. The first-order chi connectivity index (χ1) is 3.50. The molecule has 0 spiro atoms. The van der Waals surface area contributed by atoms with Gasteiger partial charge < -0.3 is 5.10 Å². The van der Waals surface area contributed by atoms with Gasteiger partial charge in [-0.3, -0.25) is 10.2 Å². The Morgan fingerprint density at radius 3 is 3.14 bits per heavy atom. The van der Waals surface area contributed by atoms with Crippen molar-refractivity contribution in [3.05, 3.63) is 18.7 Å². The third kappa shape index (κ3) is 1.13. The molecule has 38 valence electrons. The number of aromatic amines is 3. The quantitative estimate of drug-likeness (QED) is 0.426. The minimum atomic E-state index is 1.51. The summed E-state index contributed by atoms with van der Waals surface area (Å²) >= 11 is 0. The van der Waals surface area contributed by atoms with Crippen LogP contribution in [0.25, 0.3) is 0 Å². The number of rotatable bonds is 0. The van der Waals surface area contributed by atoms with E-state index in [2.05, 4.69) is 20.4 Å². The average Bonchev–Trinajstić information content (AvgIpc) is 1.90. The Labute approximate surface area is 40.3 Å². The van der Waals surface area contributed by atoms with Gasteiger partial charge >= 0.3 is 0 Å². The van der Waals surface area contributed by atoms with E-state index in [0.29, 0.717) is 0 Å². The number of hydrogen-bond acceptors (Lipinski definition) is 1. The summed E-state index contributed by atoms with van der Waals surface area (Å²) in [6, 6.07) is 0. The van der Waals surface area contributed by atoms with E-state index in [-0.39, 0.29) is 0 Å². The molecule has 0 radical (unpaired) electrons. The summed E-state index contributed by atoms with van der Waals surface area (Å²) in [6.07, 6.45) is 4.89. The maximum atomic E-state index is 3.64. The summed E-state index contributed by atoms with van der Waals surface area (Å²) in [6.45, 7) is 0. The molecule has 0 atom stereocenters. The van der Waals surface area contributed by atoms with Crippen molar-refractivity contribution in [3.8, 4) is 0 Å². The minimum Gasteiger partial charge on any atom is -0.306 e. The van der Waals surface area contributed by atoms with Crippen molar-refractivity contribution in [1.82, 2.24) is 20.4 Å². The molecule has 0 aliphatic heterocycles. The van der Waals surface area contributed by atoms with E-state index in [1.54, 1.807) is 12.4 Å². The van der Waals surface area contributed by atoms with E-state index < -0.39 is 0 Å². The molecule has 0 aromatic carbocycles. The lowest BCUT2D eigenvalue weighted by atomic mass is 11.0. The fourth-order valence-corrected chi connectivity index (χ4v) is 0.277. The summed E-state index contributed by atoms with van der Waals surface area (Å²) < 4.78 is 0. The van der Waals surface area contributed by atoms with Crippen LogP contribution in [0.15, 0.2) is 18.7 Å². The highest BCUT2D eigenvalue weighted by atomic mass is 15.2. The second kappa shape index (κ2) is 2.07. The summed E-state index contributed by atoms with van der Waals surface area (Å²) in [5, 5.41) is 11.6. The Balaban J connectivity index is 3.06. The lowest BCUT2D eigenvalue weighted by molar-refractivity contribution is 0.981. The fraction of sp³-hybridized carbons (Fsp3) is 0. The first-order valence-corrected chi connectivity index (χ1v) is 1.93. The summed E-state index contributed by atoms with van der Waals surface area (Å²) in [7, 11) is 0. The molecule has 0 unspecified atom stereocenters. The van der Waals surface area contributed by atoms with Gasteiger partial charge in [0.2, 0.25) is 0 Å². The van der Waals surface area contributed by atoms with Gasteiger partial charge in [0.1, 0.15) is 6.33 Å². The lowest BCUT2D eigenvalue weighted by Gasteiger charge is -1.63. The van der Waals surface area contributed by atoms with Crippen LogP contribution in [-0.4, -0.2) is 20.4 Å². The van der Waals surface area contributed by atoms with Crippen LogP contribution in [0.3, 0.4) is 0 Å². The third-order valence-electron chi connectivity index (χ3n) is 0.528. The van der Waals surface area contributed by atoms with Gasteiger partial charge in [-0.25, -0.2) is 0 Å². The normalized spacial score (nSPS) is 8.00. The zero-order chi connectivity index (χ0) is 4.95. The van der Waals surface area contributed by atoms with E-state index in [1.165, 1.54) is 6.33 Å². The molecule has 0 bridgehead atoms. The maximum Gasteiger partial charge on any atom is 0.127 e. The van der Waals surface area contributed by atoms with Crippen molar-refractivity contribution in [2.45, 2.75) is 0 Å². The van der Waals surface area contributed by atoms with Gasteiger partial charge in [0.05, 0.1) is 0 Å². The zero-order valence-corrected chi connectivity index (χ0v) is 3.68. The highest BCUT2D eigenvalue weighted by Gasteiger charge is 1.53. The molecular weight excluding hydrogens is 92.1 g/mol. The molecular formula is C3H6N4. The molecule has 0 fully saturated rings. The van der Waals surface area contributed by atoms with E-state index >= 15 is 0 Å². The molecule has 1 rings (SSSR count). The third-order valence-corrected chi connectivity index (χ3v) is 0.528. The van der Waals surface area contributed by atoms with Crippen molar-refractivity contribution in [1.29, 1.82) is 0 Å². The molecule has 0 amide bonds. The lowest BCUT2D eigenvalue weighted by Crippen LogP contribution is -1.67. The van der Waals surface area contributed by atoms with Gasteiger partial charge in [-0.05, 0) is 0 Å². The molecule has 4 nitrogen and oxygen atoms in total. The van der Waals surface area contributed by atoms with Crippen LogP contribution in [0.4, 0.5) is 0 Å². The Hall–Kier alpha value is -1.19. The van der Waals surface area contributed by atoms with Crippen LogP contribution in [0, 0.1) is 0 Å². The van der Waals surface area contributed by atoms with Crippen molar-refractivity contribution >= 4 is 0 Å². The smallest absolute Gasteiger partial charge is 0.127 e. The van der Waals surface area contributed by atoms with E-state index in [9.17, 15) is 0 Å². The second-order valence-corrected chi connectivity index (χ2v) is 1.01.